The van der Waals surface area contributed by atoms with Crippen LogP contribution in [-0.2, 0) is 10.3 Å². The zero-order valence-corrected chi connectivity index (χ0v) is 9.18. The Morgan fingerprint density at radius 1 is 1.56 bits per heavy atom. The minimum atomic E-state index is -1.14. The molecule has 0 radical (unpaired) electrons. The predicted octanol–water partition coefficient (Wildman–Crippen LogP) is 1.14. The van der Waals surface area contributed by atoms with Crippen LogP contribution in [0, 0.1) is 5.82 Å². The van der Waals surface area contributed by atoms with E-state index in [2.05, 4.69) is 10.3 Å². The third-order valence-corrected chi connectivity index (χ3v) is 2.80. The molecule has 6 heteroatoms. The molecule has 1 aromatic carbocycles. The highest BCUT2D eigenvalue weighted by Crippen LogP contribution is 2.31. The maximum absolute atomic E-state index is 13.0. The van der Waals surface area contributed by atoms with Gasteiger partial charge in [0.1, 0.15) is 5.82 Å². The van der Waals surface area contributed by atoms with Crippen LogP contribution in [0.5, 0.6) is 0 Å². The van der Waals surface area contributed by atoms with Gasteiger partial charge in [-0.05, 0) is 24.6 Å². The van der Waals surface area contributed by atoms with E-state index in [1.165, 1.54) is 18.2 Å². The van der Waals surface area contributed by atoms with Gasteiger partial charge in [0.2, 0.25) is 0 Å². The SMILES string of the molecule is CC1(c2ccc(F)c(Cl)c2)N=C(N)NC1=O. The van der Waals surface area contributed by atoms with Gasteiger partial charge in [0.15, 0.2) is 11.5 Å². The molecule has 0 fully saturated rings. The molecule has 4 nitrogen and oxygen atoms in total. The third kappa shape index (κ3) is 1.53. The summed E-state index contributed by atoms with van der Waals surface area (Å²) in [5.41, 5.74) is 4.78. The summed E-state index contributed by atoms with van der Waals surface area (Å²) in [6, 6.07) is 4.03. The Kier molecular flexibility index (Phi) is 2.35. The fourth-order valence-electron chi connectivity index (χ4n) is 1.55. The second kappa shape index (κ2) is 3.45. The Hall–Kier alpha value is -1.62. The highest BCUT2D eigenvalue weighted by Gasteiger charge is 2.40. The van der Waals surface area contributed by atoms with Crippen LogP contribution in [0.1, 0.15) is 12.5 Å². The Bertz CT molecular complexity index is 503. The van der Waals surface area contributed by atoms with Gasteiger partial charge in [0.05, 0.1) is 5.02 Å². The van der Waals surface area contributed by atoms with Gasteiger partial charge in [-0.3, -0.25) is 10.1 Å². The molecule has 1 aromatic rings. The maximum Gasteiger partial charge on any atom is 0.259 e. The molecule has 1 amide bonds. The molecule has 2 rings (SSSR count). The lowest BCUT2D eigenvalue weighted by Crippen LogP contribution is -2.37. The van der Waals surface area contributed by atoms with Gasteiger partial charge in [0, 0.05) is 0 Å². The molecule has 3 N–H and O–H groups in total. The van der Waals surface area contributed by atoms with Crippen molar-refractivity contribution in [1.82, 2.24) is 5.32 Å². The summed E-state index contributed by atoms with van der Waals surface area (Å²) in [5.74, 6) is -0.843. The van der Waals surface area contributed by atoms with Crippen LogP contribution in [0.25, 0.3) is 0 Å². The van der Waals surface area contributed by atoms with Crippen LogP contribution < -0.4 is 11.1 Å². The van der Waals surface area contributed by atoms with E-state index in [-0.39, 0.29) is 16.9 Å². The Balaban J connectivity index is 2.51. The quantitative estimate of drug-likeness (QED) is 0.774. The number of nitrogens with zero attached hydrogens (tertiary/aromatic N) is 1. The van der Waals surface area contributed by atoms with Gasteiger partial charge in [-0.25, -0.2) is 9.38 Å². The minimum Gasteiger partial charge on any atom is -0.370 e. The van der Waals surface area contributed by atoms with Gasteiger partial charge < -0.3 is 5.73 Å². The van der Waals surface area contributed by atoms with Gasteiger partial charge >= 0.3 is 0 Å². The fourth-order valence-corrected chi connectivity index (χ4v) is 1.73. The molecule has 1 atom stereocenters. The first-order chi connectivity index (χ1) is 7.43. The third-order valence-electron chi connectivity index (χ3n) is 2.51. The Labute approximate surface area is 96.3 Å². The number of carbonyl (C=O) groups excluding carboxylic acids is 1. The van der Waals surface area contributed by atoms with Crippen molar-refractivity contribution in [3.05, 3.63) is 34.6 Å². The number of aliphatic imine (C=N–C) groups is 1. The van der Waals surface area contributed by atoms with E-state index in [9.17, 15) is 9.18 Å². The summed E-state index contributed by atoms with van der Waals surface area (Å²) in [6.45, 7) is 1.59. The summed E-state index contributed by atoms with van der Waals surface area (Å²) in [4.78, 5) is 15.7. The molecule has 1 unspecified atom stereocenters. The average Bonchev–Trinajstić information content (AvgIpc) is 2.46. The summed E-state index contributed by atoms with van der Waals surface area (Å²) in [6.07, 6.45) is 0. The topological polar surface area (TPSA) is 67.5 Å². The lowest BCUT2D eigenvalue weighted by Gasteiger charge is -2.18. The van der Waals surface area contributed by atoms with E-state index in [4.69, 9.17) is 17.3 Å². The average molecular weight is 242 g/mol. The van der Waals surface area contributed by atoms with E-state index < -0.39 is 11.4 Å². The van der Waals surface area contributed by atoms with Crippen LogP contribution in [0.15, 0.2) is 23.2 Å². The second-order valence-corrected chi connectivity index (χ2v) is 4.06. The first-order valence-corrected chi connectivity index (χ1v) is 4.93. The predicted molar refractivity (Wildman–Crippen MR) is 58.5 cm³/mol. The van der Waals surface area contributed by atoms with Crippen molar-refractivity contribution in [3.63, 3.8) is 0 Å². The van der Waals surface area contributed by atoms with E-state index in [0.29, 0.717) is 5.56 Å². The molecule has 0 aromatic heterocycles. The molecule has 0 spiro atoms. The lowest BCUT2D eigenvalue weighted by atomic mass is 9.92. The molecule has 1 aliphatic rings. The molecular formula is C10H9ClFN3O. The van der Waals surface area contributed by atoms with Crippen LogP contribution in [-0.4, -0.2) is 11.9 Å². The Morgan fingerprint density at radius 2 is 2.25 bits per heavy atom. The highest BCUT2D eigenvalue weighted by atomic mass is 35.5. The monoisotopic (exact) mass is 241 g/mol. The molecule has 0 saturated heterocycles. The molecule has 16 heavy (non-hydrogen) atoms. The molecule has 1 heterocycles. The number of amides is 1. The molecule has 0 saturated carbocycles. The van der Waals surface area contributed by atoms with Gasteiger partial charge in [-0.2, -0.15) is 0 Å². The number of hydrogen-bond acceptors (Lipinski definition) is 3. The van der Waals surface area contributed by atoms with Gasteiger partial charge in [-0.1, -0.05) is 17.7 Å². The number of guanidine groups is 1. The normalized spacial score (nSPS) is 24.2. The first kappa shape index (κ1) is 10.9. The van der Waals surface area contributed by atoms with Crippen molar-refractivity contribution in [2.45, 2.75) is 12.5 Å². The number of hydrogen-bond donors (Lipinski definition) is 2. The van der Waals surface area contributed by atoms with Gasteiger partial charge in [0.25, 0.3) is 5.91 Å². The summed E-state index contributed by atoms with van der Waals surface area (Å²) < 4.78 is 13.0. The smallest absolute Gasteiger partial charge is 0.259 e. The second-order valence-electron chi connectivity index (χ2n) is 3.65. The van der Waals surface area contributed by atoms with Crippen molar-refractivity contribution >= 4 is 23.5 Å². The van der Waals surface area contributed by atoms with Gasteiger partial charge in [-0.15, -0.1) is 0 Å². The Morgan fingerprint density at radius 3 is 2.75 bits per heavy atom. The highest BCUT2D eigenvalue weighted by molar-refractivity contribution is 6.30. The van der Waals surface area contributed by atoms with E-state index >= 15 is 0 Å². The largest absolute Gasteiger partial charge is 0.370 e. The van der Waals surface area contributed by atoms with Crippen molar-refractivity contribution in [2.75, 3.05) is 0 Å². The molecule has 0 bridgehead atoms. The number of benzene rings is 1. The molecule has 1 aliphatic heterocycles. The van der Waals surface area contributed by atoms with Crippen LogP contribution in [0.2, 0.25) is 5.02 Å². The maximum atomic E-state index is 13.0. The van der Waals surface area contributed by atoms with Crippen molar-refractivity contribution < 1.29 is 9.18 Å². The molecule has 84 valence electrons. The van der Waals surface area contributed by atoms with E-state index in [1.807, 2.05) is 0 Å². The lowest BCUT2D eigenvalue weighted by molar-refractivity contribution is -0.123. The number of nitrogens with one attached hydrogen (secondary N) is 1. The first-order valence-electron chi connectivity index (χ1n) is 4.56. The number of carbonyl (C=O) groups is 1. The van der Waals surface area contributed by atoms with Crippen LogP contribution >= 0.6 is 11.6 Å². The molecular weight excluding hydrogens is 233 g/mol. The van der Waals surface area contributed by atoms with Crippen LogP contribution in [0.4, 0.5) is 4.39 Å². The summed E-state index contributed by atoms with van der Waals surface area (Å²) >= 11 is 5.65. The molecule has 0 aliphatic carbocycles. The standard InChI is InChI=1S/C10H9ClFN3O/c1-10(8(16)14-9(13)15-10)5-2-3-7(12)6(11)4-5/h2-4H,1H3,(H3,13,14,15,16). The number of nitrogens with two attached hydrogens (primary N) is 1. The summed E-state index contributed by atoms with van der Waals surface area (Å²) in [5, 5.41) is 2.34. The summed E-state index contributed by atoms with van der Waals surface area (Å²) in [7, 11) is 0. The number of halogens is 2. The zero-order chi connectivity index (χ0) is 11.9. The number of rotatable bonds is 1. The van der Waals surface area contributed by atoms with Crippen molar-refractivity contribution in [3.8, 4) is 0 Å². The van der Waals surface area contributed by atoms with Crippen molar-refractivity contribution in [2.24, 2.45) is 10.7 Å². The van der Waals surface area contributed by atoms with Crippen LogP contribution in [0.3, 0.4) is 0 Å². The fraction of sp³-hybridized carbons (Fsp3) is 0.200. The van der Waals surface area contributed by atoms with Crippen molar-refractivity contribution in [1.29, 1.82) is 0 Å². The van der Waals surface area contributed by atoms with E-state index in [1.54, 1.807) is 6.92 Å². The zero-order valence-electron chi connectivity index (χ0n) is 8.42. The van der Waals surface area contributed by atoms with E-state index in [0.717, 1.165) is 0 Å². The minimum absolute atomic E-state index is 0.0489.